The van der Waals surface area contributed by atoms with Gasteiger partial charge in [-0.2, -0.15) is 13.2 Å². The average molecular weight is 300 g/mol. The molecule has 19 heavy (non-hydrogen) atoms. The first kappa shape index (κ1) is 16.2. The molecular formula is C12H14ClF4NO. The molecule has 1 unspecified atom stereocenters. The third-order valence-corrected chi connectivity index (χ3v) is 2.86. The Labute approximate surface area is 113 Å². The molecule has 1 rings (SSSR count). The monoisotopic (exact) mass is 299 g/mol. The van der Waals surface area contributed by atoms with E-state index in [-0.39, 0.29) is 23.6 Å². The van der Waals surface area contributed by atoms with Gasteiger partial charge in [0.2, 0.25) is 0 Å². The highest BCUT2D eigenvalue weighted by molar-refractivity contribution is 6.31. The maximum atomic E-state index is 13.5. The summed E-state index contributed by atoms with van der Waals surface area (Å²) < 4.78 is 53.9. The Hall–Kier alpha value is -0.850. The number of likely N-dealkylation sites (N-methyl/N-ethyl adjacent to an activating group) is 1. The Morgan fingerprint density at radius 1 is 1.37 bits per heavy atom. The summed E-state index contributed by atoms with van der Waals surface area (Å²) in [4.78, 5) is 0. The van der Waals surface area contributed by atoms with Crippen molar-refractivity contribution < 1.29 is 22.3 Å². The van der Waals surface area contributed by atoms with Crippen LogP contribution in [0.2, 0.25) is 5.02 Å². The number of nitrogens with one attached hydrogen (secondary N) is 1. The number of halogens is 5. The first-order chi connectivity index (χ1) is 8.83. The van der Waals surface area contributed by atoms with E-state index >= 15 is 0 Å². The molecule has 108 valence electrons. The fourth-order valence-corrected chi connectivity index (χ4v) is 1.78. The van der Waals surface area contributed by atoms with Gasteiger partial charge in [-0.1, -0.05) is 17.7 Å². The van der Waals surface area contributed by atoms with E-state index in [1.165, 1.54) is 18.2 Å². The number of benzene rings is 1. The van der Waals surface area contributed by atoms with E-state index < -0.39 is 24.6 Å². The van der Waals surface area contributed by atoms with Crippen LogP contribution in [0, 0.1) is 5.82 Å². The molecule has 1 aromatic rings. The Kier molecular flexibility index (Phi) is 6.03. The molecule has 0 bridgehead atoms. The van der Waals surface area contributed by atoms with Crippen molar-refractivity contribution in [3.05, 3.63) is 34.6 Å². The van der Waals surface area contributed by atoms with Crippen molar-refractivity contribution in [3.63, 3.8) is 0 Å². The first-order valence-corrected chi connectivity index (χ1v) is 5.96. The summed E-state index contributed by atoms with van der Waals surface area (Å²) in [6, 6.07) is 3.81. The third kappa shape index (κ3) is 5.76. The fourth-order valence-electron chi connectivity index (χ4n) is 1.53. The lowest BCUT2D eigenvalue weighted by atomic mass is 10.1. The second-order valence-electron chi connectivity index (χ2n) is 4.02. The summed E-state index contributed by atoms with van der Waals surface area (Å²) in [5, 5.41) is 3.02. The zero-order valence-electron chi connectivity index (χ0n) is 10.2. The summed E-state index contributed by atoms with van der Waals surface area (Å²) in [6.07, 6.45) is -4.21. The van der Waals surface area contributed by atoms with E-state index in [0.717, 1.165) is 0 Å². The summed E-state index contributed by atoms with van der Waals surface area (Å²) in [6.45, 7) is -1.50. The zero-order valence-corrected chi connectivity index (χ0v) is 11.0. The number of hydrogen-bond acceptors (Lipinski definition) is 2. The smallest absolute Gasteiger partial charge is 0.370 e. The summed E-state index contributed by atoms with van der Waals surface area (Å²) in [7, 11) is 1.57. The SMILES string of the molecule is CNC(COCC(F)(F)F)Cc1c(F)cccc1Cl. The number of alkyl halides is 3. The second-order valence-corrected chi connectivity index (χ2v) is 4.43. The average Bonchev–Trinajstić information content (AvgIpc) is 2.30. The lowest BCUT2D eigenvalue weighted by Gasteiger charge is -2.18. The molecule has 0 saturated heterocycles. The van der Waals surface area contributed by atoms with Gasteiger partial charge in [-0.3, -0.25) is 0 Å². The minimum Gasteiger partial charge on any atom is -0.370 e. The molecule has 0 amide bonds. The van der Waals surface area contributed by atoms with E-state index in [1.54, 1.807) is 7.05 Å². The van der Waals surface area contributed by atoms with Gasteiger partial charge in [0.1, 0.15) is 12.4 Å². The molecule has 0 aromatic heterocycles. The van der Waals surface area contributed by atoms with Crippen LogP contribution in [-0.2, 0) is 11.2 Å². The zero-order chi connectivity index (χ0) is 14.5. The largest absolute Gasteiger partial charge is 0.411 e. The topological polar surface area (TPSA) is 21.3 Å². The van der Waals surface area contributed by atoms with Crippen molar-refractivity contribution >= 4 is 11.6 Å². The maximum absolute atomic E-state index is 13.5. The van der Waals surface area contributed by atoms with Gasteiger partial charge in [0.05, 0.1) is 6.61 Å². The molecule has 2 nitrogen and oxygen atoms in total. The summed E-state index contributed by atoms with van der Waals surface area (Å²) in [5.41, 5.74) is 0.263. The maximum Gasteiger partial charge on any atom is 0.411 e. The molecule has 0 aliphatic carbocycles. The van der Waals surface area contributed by atoms with Crippen LogP contribution < -0.4 is 5.32 Å². The van der Waals surface area contributed by atoms with E-state index in [1.807, 2.05) is 0 Å². The van der Waals surface area contributed by atoms with Gasteiger partial charge in [-0.15, -0.1) is 0 Å². The molecule has 0 aliphatic heterocycles. The van der Waals surface area contributed by atoms with Crippen LogP contribution in [0.4, 0.5) is 17.6 Å². The molecule has 1 aromatic carbocycles. The standard InChI is InChI=1S/C12H14ClF4NO/c1-18-8(6-19-7-12(15,16)17)5-9-10(13)3-2-4-11(9)14/h2-4,8,18H,5-7H2,1H3. The van der Waals surface area contributed by atoms with Crippen LogP contribution in [0.15, 0.2) is 18.2 Å². The Balaban J connectivity index is 2.57. The van der Waals surface area contributed by atoms with Crippen molar-refractivity contribution in [2.24, 2.45) is 0 Å². The molecular weight excluding hydrogens is 286 g/mol. The van der Waals surface area contributed by atoms with Crippen LogP contribution in [0.5, 0.6) is 0 Å². The molecule has 0 saturated carbocycles. The highest BCUT2D eigenvalue weighted by atomic mass is 35.5. The predicted molar refractivity (Wildman–Crippen MR) is 64.8 cm³/mol. The molecule has 7 heteroatoms. The lowest BCUT2D eigenvalue weighted by Crippen LogP contribution is -2.34. The molecule has 1 N–H and O–H groups in total. The van der Waals surface area contributed by atoms with E-state index in [4.69, 9.17) is 11.6 Å². The quantitative estimate of drug-likeness (QED) is 0.815. The van der Waals surface area contributed by atoms with Crippen LogP contribution in [-0.4, -0.2) is 32.5 Å². The van der Waals surface area contributed by atoms with Gasteiger partial charge in [-0.25, -0.2) is 4.39 Å². The first-order valence-electron chi connectivity index (χ1n) is 5.58. The molecule has 0 aliphatic rings. The second kappa shape index (κ2) is 7.07. The minimum absolute atomic E-state index is 0.153. The van der Waals surface area contributed by atoms with Gasteiger partial charge in [0, 0.05) is 16.6 Å². The van der Waals surface area contributed by atoms with Crippen LogP contribution in [0.1, 0.15) is 5.56 Å². The van der Waals surface area contributed by atoms with Gasteiger partial charge in [-0.05, 0) is 25.6 Å². The van der Waals surface area contributed by atoms with Crippen molar-refractivity contribution in [2.45, 2.75) is 18.6 Å². The van der Waals surface area contributed by atoms with Crippen molar-refractivity contribution in [2.75, 3.05) is 20.3 Å². The van der Waals surface area contributed by atoms with Crippen molar-refractivity contribution in [3.8, 4) is 0 Å². The van der Waals surface area contributed by atoms with Crippen LogP contribution in [0.25, 0.3) is 0 Å². The van der Waals surface area contributed by atoms with Gasteiger partial charge in [0.15, 0.2) is 0 Å². The fraction of sp³-hybridized carbons (Fsp3) is 0.500. The molecule has 0 radical (unpaired) electrons. The minimum atomic E-state index is -4.37. The van der Waals surface area contributed by atoms with Crippen LogP contribution >= 0.6 is 11.6 Å². The molecule has 0 spiro atoms. The Morgan fingerprint density at radius 2 is 2.05 bits per heavy atom. The van der Waals surface area contributed by atoms with Gasteiger partial charge < -0.3 is 10.1 Å². The normalized spacial score (nSPS) is 13.6. The number of ether oxygens (including phenoxy) is 1. The van der Waals surface area contributed by atoms with E-state index in [9.17, 15) is 17.6 Å². The highest BCUT2D eigenvalue weighted by Gasteiger charge is 2.28. The Morgan fingerprint density at radius 3 is 2.58 bits per heavy atom. The lowest BCUT2D eigenvalue weighted by molar-refractivity contribution is -0.175. The van der Waals surface area contributed by atoms with Gasteiger partial charge in [0.25, 0.3) is 0 Å². The number of rotatable bonds is 6. The van der Waals surface area contributed by atoms with E-state index in [0.29, 0.717) is 0 Å². The highest BCUT2D eigenvalue weighted by Crippen LogP contribution is 2.21. The molecule has 1 atom stereocenters. The summed E-state index contributed by atoms with van der Waals surface area (Å²) in [5.74, 6) is -0.483. The molecule has 0 fully saturated rings. The third-order valence-electron chi connectivity index (χ3n) is 2.51. The number of hydrogen-bond donors (Lipinski definition) is 1. The van der Waals surface area contributed by atoms with Crippen LogP contribution in [0.3, 0.4) is 0 Å². The summed E-state index contributed by atoms with van der Waals surface area (Å²) >= 11 is 5.85. The molecule has 0 heterocycles. The van der Waals surface area contributed by atoms with Crippen molar-refractivity contribution in [1.82, 2.24) is 5.32 Å². The predicted octanol–water partition coefficient (Wildman–Crippen LogP) is 3.19. The van der Waals surface area contributed by atoms with E-state index in [2.05, 4.69) is 10.1 Å². The van der Waals surface area contributed by atoms with Crippen molar-refractivity contribution in [1.29, 1.82) is 0 Å². The Bertz CT molecular complexity index is 391. The van der Waals surface area contributed by atoms with Gasteiger partial charge >= 0.3 is 6.18 Å².